The van der Waals surface area contributed by atoms with E-state index in [0.717, 1.165) is 12.0 Å². The molecule has 0 aromatic heterocycles. The van der Waals surface area contributed by atoms with Crippen molar-refractivity contribution < 1.29 is 10.0 Å². The summed E-state index contributed by atoms with van der Waals surface area (Å²) >= 11 is 5.74. The van der Waals surface area contributed by atoms with Crippen molar-refractivity contribution in [3.8, 4) is 0 Å². The molecule has 0 saturated heterocycles. The quantitative estimate of drug-likeness (QED) is 0.707. The molecule has 13 heavy (non-hydrogen) atoms. The molecule has 68 valence electrons. The molecule has 0 radical (unpaired) electrons. The second-order valence-electron chi connectivity index (χ2n) is 3.47. The van der Waals surface area contributed by atoms with Crippen LogP contribution in [0.25, 0.3) is 0 Å². The fourth-order valence-corrected chi connectivity index (χ4v) is 1.76. The molecule has 2 N–H and O–H groups in total. The monoisotopic (exact) mass is 196 g/mol. The lowest BCUT2D eigenvalue weighted by atomic mass is 9.81. The van der Waals surface area contributed by atoms with Gasteiger partial charge in [0.05, 0.1) is 0 Å². The van der Waals surface area contributed by atoms with E-state index in [1.165, 1.54) is 0 Å². The summed E-state index contributed by atoms with van der Waals surface area (Å²) in [5.74, 6) is 0.318. The molecule has 1 saturated carbocycles. The van der Waals surface area contributed by atoms with E-state index >= 15 is 0 Å². The molecule has 1 aliphatic carbocycles. The third-order valence-electron chi connectivity index (χ3n) is 2.52. The average Bonchev–Trinajstić information content (AvgIpc) is 2.85. The summed E-state index contributed by atoms with van der Waals surface area (Å²) < 4.78 is 0. The van der Waals surface area contributed by atoms with Crippen molar-refractivity contribution in [2.75, 3.05) is 0 Å². The Balaban J connectivity index is 2.08. The molecule has 0 amide bonds. The number of hydrogen-bond acceptors (Lipinski definition) is 2. The first-order valence-electron chi connectivity index (χ1n) is 4.30. The molecule has 2 nitrogen and oxygen atoms in total. The molecule has 4 heteroatoms. The van der Waals surface area contributed by atoms with E-state index in [1.807, 2.05) is 24.3 Å². The van der Waals surface area contributed by atoms with Gasteiger partial charge in [-0.05, 0) is 30.0 Å². The van der Waals surface area contributed by atoms with Crippen LogP contribution in [0.3, 0.4) is 0 Å². The van der Waals surface area contributed by atoms with E-state index in [1.54, 1.807) is 0 Å². The van der Waals surface area contributed by atoms with Gasteiger partial charge in [0, 0.05) is 10.8 Å². The van der Waals surface area contributed by atoms with Crippen LogP contribution in [0, 0.1) is 0 Å². The van der Waals surface area contributed by atoms with E-state index in [2.05, 4.69) is 0 Å². The second kappa shape index (κ2) is 3.33. The maximum atomic E-state index is 8.91. The molecule has 2 atom stereocenters. The number of hydrogen-bond donors (Lipinski definition) is 2. The summed E-state index contributed by atoms with van der Waals surface area (Å²) in [5, 5.41) is 18.5. The maximum Gasteiger partial charge on any atom is 0.455 e. The van der Waals surface area contributed by atoms with Gasteiger partial charge >= 0.3 is 7.12 Å². The fraction of sp³-hybridized carbons (Fsp3) is 0.333. The smallest absolute Gasteiger partial charge is 0.427 e. The Morgan fingerprint density at radius 2 is 1.85 bits per heavy atom. The van der Waals surface area contributed by atoms with Crippen molar-refractivity contribution >= 4 is 18.7 Å². The Morgan fingerprint density at radius 3 is 2.31 bits per heavy atom. The van der Waals surface area contributed by atoms with Crippen LogP contribution in [0.2, 0.25) is 10.8 Å². The molecular weight excluding hydrogens is 186 g/mol. The number of benzene rings is 1. The van der Waals surface area contributed by atoms with Gasteiger partial charge in [0.1, 0.15) is 0 Å². The molecule has 1 aromatic rings. The van der Waals surface area contributed by atoms with Gasteiger partial charge in [0.25, 0.3) is 0 Å². The Kier molecular flexibility index (Phi) is 2.32. The van der Waals surface area contributed by atoms with Gasteiger partial charge in [-0.2, -0.15) is 0 Å². The van der Waals surface area contributed by atoms with E-state index in [-0.39, 0.29) is 5.82 Å². The predicted octanol–water partition coefficient (Wildman–Crippen LogP) is 1.67. The van der Waals surface area contributed by atoms with Crippen LogP contribution in [0.1, 0.15) is 17.9 Å². The van der Waals surface area contributed by atoms with E-state index in [9.17, 15) is 0 Å². The van der Waals surface area contributed by atoms with Gasteiger partial charge in [0.2, 0.25) is 0 Å². The highest BCUT2D eigenvalue weighted by atomic mass is 35.5. The maximum absolute atomic E-state index is 8.91. The van der Waals surface area contributed by atoms with Crippen molar-refractivity contribution in [1.82, 2.24) is 0 Å². The molecular formula is C9H10BClO2. The standard InChI is InChI=1S/C9H10BClO2/c11-7-3-1-6(2-4-7)8-5-9(8)10(12)13/h1-4,8-9,12-13H,5H2/t8-,9+/m0/s1. The summed E-state index contributed by atoms with van der Waals surface area (Å²) in [7, 11) is -1.18. The Bertz CT molecular complexity index is 299. The van der Waals surface area contributed by atoms with Crippen LogP contribution >= 0.6 is 11.6 Å². The van der Waals surface area contributed by atoms with Crippen molar-refractivity contribution in [2.24, 2.45) is 0 Å². The first-order valence-corrected chi connectivity index (χ1v) is 4.68. The fourth-order valence-electron chi connectivity index (χ4n) is 1.64. The minimum Gasteiger partial charge on any atom is -0.427 e. The van der Waals surface area contributed by atoms with Crippen molar-refractivity contribution in [1.29, 1.82) is 0 Å². The zero-order valence-electron chi connectivity index (χ0n) is 7.02. The molecule has 1 aliphatic rings. The van der Waals surface area contributed by atoms with Gasteiger partial charge in [-0.25, -0.2) is 0 Å². The molecule has 1 fully saturated rings. The predicted molar refractivity (Wildman–Crippen MR) is 52.8 cm³/mol. The lowest BCUT2D eigenvalue weighted by Crippen LogP contribution is -2.11. The van der Waals surface area contributed by atoms with Crippen molar-refractivity contribution in [3.05, 3.63) is 34.9 Å². The molecule has 0 bridgehead atoms. The molecule has 0 aliphatic heterocycles. The number of halogens is 1. The van der Waals surface area contributed by atoms with Gasteiger partial charge in [-0.3, -0.25) is 0 Å². The highest BCUT2D eigenvalue weighted by Gasteiger charge is 2.46. The lowest BCUT2D eigenvalue weighted by molar-refractivity contribution is 0.402. The second-order valence-corrected chi connectivity index (χ2v) is 3.91. The topological polar surface area (TPSA) is 40.5 Å². The largest absolute Gasteiger partial charge is 0.455 e. The van der Waals surface area contributed by atoms with E-state index < -0.39 is 7.12 Å². The highest BCUT2D eigenvalue weighted by molar-refractivity contribution is 6.44. The van der Waals surface area contributed by atoms with Gasteiger partial charge < -0.3 is 10.0 Å². The van der Waals surface area contributed by atoms with Gasteiger partial charge in [-0.1, -0.05) is 23.7 Å². The first kappa shape index (κ1) is 9.07. The first-order chi connectivity index (χ1) is 6.18. The summed E-state index contributed by atoms with van der Waals surface area (Å²) in [6.07, 6.45) is 0.860. The minimum absolute atomic E-state index is 0.0150. The van der Waals surface area contributed by atoms with Crippen LogP contribution in [0.4, 0.5) is 0 Å². The van der Waals surface area contributed by atoms with Crippen LogP contribution in [0.5, 0.6) is 0 Å². The molecule has 0 unspecified atom stereocenters. The van der Waals surface area contributed by atoms with E-state index in [4.69, 9.17) is 21.6 Å². The van der Waals surface area contributed by atoms with Crippen molar-refractivity contribution in [2.45, 2.75) is 18.2 Å². The lowest BCUT2D eigenvalue weighted by Gasteiger charge is -1.99. The van der Waals surface area contributed by atoms with Crippen LogP contribution in [-0.4, -0.2) is 17.2 Å². The minimum atomic E-state index is -1.18. The van der Waals surface area contributed by atoms with Crippen molar-refractivity contribution in [3.63, 3.8) is 0 Å². The average molecular weight is 196 g/mol. The Morgan fingerprint density at radius 1 is 1.23 bits per heavy atom. The highest BCUT2D eigenvalue weighted by Crippen LogP contribution is 2.53. The Hall–Kier alpha value is -0.505. The zero-order valence-corrected chi connectivity index (χ0v) is 7.78. The SMILES string of the molecule is OB(O)[C@@H]1C[C@H]1c1ccc(Cl)cc1. The normalized spacial score (nSPS) is 25.8. The summed E-state index contributed by atoms with van der Waals surface area (Å²) in [5.41, 5.74) is 1.14. The molecule has 2 rings (SSSR count). The van der Waals surface area contributed by atoms with Gasteiger partial charge in [-0.15, -0.1) is 0 Å². The third kappa shape index (κ3) is 1.88. The van der Waals surface area contributed by atoms with Crippen LogP contribution in [0.15, 0.2) is 24.3 Å². The molecule has 1 aromatic carbocycles. The molecule has 0 spiro atoms. The summed E-state index contributed by atoms with van der Waals surface area (Å²) in [6, 6.07) is 7.54. The molecule has 0 heterocycles. The van der Waals surface area contributed by atoms with Crippen LogP contribution in [-0.2, 0) is 0 Å². The zero-order chi connectivity index (χ0) is 9.42. The van der Waals surface area contributed by atoms with E-state index in [0.29, 0.717) is 10.9 Å². The number of rotatable bonds is 2. The third-order valence-corrected chi connectivity index (χ3v) is 2.77. The summed E-state index contributed by atoms with van der Waals surface area (Å²) in [4.78, 5) is 0. The van der Waals surface area contributed by atoms with Crippen LogP contribution < -0.4 is 0 Å². The van der Waals surface area contributed by atoms with Gasteiger partial charge in [0.15, 0.2) is 0 Å². The Labute approximate surface area is 82.3 Å². The summed E-state index contributed by atoms with van der Waals surface area (Å²) in [6.45, 7) is 0.